The minimum absolute atomic E-state index is 0.0669. The quantitative estimate of drug-likeness (QED) is 0.705. The molecule has 3 aromatic rings. The van der Waals surface area contributed by atoms with Crippen LogP contribution in [0.15, 0.2) is 60.0 Å². The van der Waals surface area contributed by atoms with Crippen molar-refractivity contribution in [3.63, 3.8) is 0 Å². The van der Waals surface area contributed by atoms with Crippen molar-refractivity contribution >= 4 is 23.2 Å². The number of hydrogen-bond acceptors (Lipinski definition) is 4. The first-order valence-electron chi connectivity index (χ1n) is 8.24. The van der Waals surface area contributed by atoms with Gasteiger partial charge in [-0.25, -0.2) is 4.98 Å². The molecule has 0 aliphatic rings. The molecule has 2 aromatic carbocycles. The van der Waals surface area contributed by atoms with Gasteiger partial charge in [-0.1, -0.05) is 42.5 Å². The molecule has 0 saturated heterocycles. The standard InChI is InChI=1S/C20H19N3O2S/c1-14-7-5-6-10-17(14)20-23-16(13-26-20)11-21-18(24)12-22-19(25)15-8-3-2-4-9-15/h2-10,13H,11-12H2,1H3,(H,21,24)(H,22,25). The van der Waals surface area contributed by atoms with Gasteiger partial charge >= 0.3 is 0 Å². The molecular formula is C20H19N3O2S. The highest BCUT2D eigenvalue weighted by atomic mass is 32.1. The Labute approximate surface area is 156 Å². The lowest BCUT2D eigenvalue weighted by molar-refractivity contribution is -0.120. The third-order valence-corrected chi connectivity index (χ3v) is 4.76. The lowest BCUT2D eigenvalue weighted by Crippen LogP contribution is -2.36. The van der Waals surface area contributed by atoms with E-state index >= 15 is 0 Å². The highest BCUT2D eigenvalue weighted by Crippen LogP contribution is 2.26. The van der Waals surface area contributed by atoms with Crippen LogP contribution in [0.25, 0.3) is 10.6 Å². The lowest BCUT2D eigenvalue weighted by atomic mass is 10.1. The number of amides is 2. The minimum atomic E-state index is -0.267. The molecule has 2 amide bonds. The number of carbonyl (C=O) groups excluding carboxylic acids is 2. The van der Waals surface area contributed by atoms with Gasteiger partial charge in [0, 0.05) is 16.5 Å². The normalized spacial score (nSPS) is 10.3. The van der Waals surface area contributed by atoms with E-state index in [1.54, 1.807) is 35.6 Å². The summed E-state index contributed by atoms with van der Waals surface area (Å²) in [7, 11) is 0. The Bertz CT molecular complexity index is 906. The second kappa shape index (κ2) is 8.40. The summed E-state index contributed by atoms with van der Waals surface area (Å²) in [6.45, 7) is 2.32. The maximum atomic E-state index is 11.9. The predicted molar refractivity (Wildman–Crippen MR) is 103 cm³/mol. The van der Waals surface area contributed by atoms with E-state index in [2.05, 4.69) is 15.6 Å². The van der Waals surface area contributed by atoms with Gasteiger partial charge < -0.3 is 10.6 Å². The van der Waals surface area contributed by atoms with Crippen LogP contribution in [-0.4, -0.2) is 23.3 Å². The molecule has 3 rings (SSSR count). The van der Waals surface area contributed by atoms with E-state index in [0.717, 1.165) is 16.3 Å². The number of thiazole rings is 1. The minimum Gasteiger partial charge on any atom is -0.349 e. The summed E-state index contributed by atoms with van der Waals surface area (Å²) in [5, 5.41) is 8.25. The molecule has 132 valence electrons. The van der Waals surface area contributed by atoms with Gasteiger partial charge in [0.25, 0.3) is 5.91 Å². The summed E-state index contributed by atoms with van der Waals surface area (Å²) in [4.78, 5) is 28.4. The highest BCUT2D eigenvalue weighted by molar-refractivity contribution is 7.13. The number of rotatable bonds is 6. The van der Waals surface area contributed by atoms with Crippen LogP contribution in [0.4, 0.5) is 0 Å². The van der Waals surface area contributed by atoms with Crippen LogP contribution in [0.2, 0.25) is 0 Å². The zero-order chi connectivity index (χ0) is 18.4. The van der Waals surface area contributed by atoms with E-state index in [1.807, 2.05) is 42.6 Å². The molecule has 0 aliphatic heterocycles. The molecule has 1 heterocycles. The first kappa shape index (κ1) is 17.8. The van der Waals surface area contributed by atoms with Crippen molar-refractivity contribution in [2.24, 2.45) is 0 Å². The summed E-state index contributed by atoms with van der Waals surface area (Å²) >= 11 is 1.55. The van der Waals surface area contributed by atoms with Crippen molar-refractivity contribution in [1.82, 2.24) is 15.6 Å². The van der Waals surface area contributed by atoms with Crippen LogP contribution < -0.4 is 10.6 Å². The van der Waals surface area contributed by atoms with E-state index in [-0.39, 0.29) is 18.4 Å². The molecule has 0 spiro atoms. The zero-order valence-electron chi connectivity index (χ0n) is 14.4. The van der Waals surface area contributed by atoms with E-state index in [9.17, 15) is 9.59 Å². The largest absolute Gasteiger partial charge is 0.349 e. The molecular weight excluding hydrogens is 346 g/mol. The number of aryl methyl sites for hydroxylation is 1. The molecule has 2 N–H and O–H groups in total. The fourth-order valence-corrected chi connectivity index (χ4v) is 3.34. The molecule has 0 aliphatic carbocycles. The first-order chi connectivity index (χ1) is 12.6. The number of carbonyl (C=O) groups is 2. The Morgan fingerprint density at radius 2 is 1.73 bits per heavy atom. The van der Waals surface area contributed by atoms with Crippen molar-refractivity contribution in [2.45, 2.75) is 13.5 Å². The average Bonchev–Trinajstić information content (AvgIpc) is 3.14. The number of aromatic nitrogens is 1. The number of nitrogens with zero attached hydrogens (tertiary/aromatic N) is 1. The van der Waals surface area contributed by atoms with Gasteiger partial charge in [-0.15, -0.1) is 11.3 Å². The highest BCUT2D eigenvalue weighted by Gasteiger charge is 2.10. The fraction of sp³-hybridized carbons (Fsp3) is 0.150. The van der Waals surface area contributed by atoms with Crippen molar-refractivity contribution in [2.75, 3.05) is 6.54 Å². The third-order valence-electron chi connectivity index (χ3n) is 3.84. The topological polar surface area (TPSA) is 71.1 Å². The molecule has 0 atom stereocenters. The van der Waals surface area contributed by atoms with E-state index in [1.165, 1.54) is 5.56 Å². The van der Waals surface area contributed by atoms with Gasteiger partial charge in [-0.2, -0.15) is 0 Å². The van der Waals surface area contributed by atoms with Crippen molar-refractivity contribution in [3.8, 4) is 10.6 Å². The Morgan fingerprint density at radius 1 is 1.00 bits per heavy atom. The van der Waals surface area contributed by atoms with Crippen molar-refractivity contribution in [1.29, 1.82) is 0 Å². The van der Waals surface area contributed by atoms with Crippen LogP contribution >= 0.6 is 11.3 Å². The summed E-state index contributed by atoms with van der Waals surface area (Å²) in [6, 6.07) is 16.9. The predicted octanol–water partition coefficient (Wildman–Crippen LogP) is 3.16. The van der Waals surface area contributed by atoms with E-state index in [4.69, 9.17) is 0 Å². The van der Waals surface area contributed by atoms with Crippen LogP contribution in [-0.2, 0) is 11.3 Å². The molecule has 0 bridgehead atoms. The Kier molecular flexibility index (Phi) is 5.76. The van der Waals surface area contributed by atoms with Gasteiger partial charge in [0.05, 0.1) is 18.8 Å². The van der Waals surface area contributed by atoms with E-state index in [0.29, 0.717) is 12.1 Å². The average molecular weight is 365 g/mol. The number of hydrogen-bond donors (Lipinski definition) is 2. The summed E-state index contributed by atoms with van der Waals surface area (Å²) in [5.41, 5.74) is 3.60. The van der Waals surface area contributed by atoms with Crippen LogP contribution in [0.3, 0.4) is 0 Å². The monoisotopic (exact) mass is 365 g/mol. The third kappa shape index (κ3) is 4.55. The molecule has 0 fully saturated rings. The molecule has 5 nitrogen and oxygen atoms in total. The zero-order valence-corrected chi connectivity index (χ0v) is 15.2. The lowest BCUT2D eigenvalue weighted by Gasteiger charge is -2.06. The second-order valence-electron chi connectivity index (χ2n) is 5.78. The smallest absolute Gasteiger partial charge is 0.251 e. The van der Waals surface area contributed by atoms with Crippen LogP contribution in [0.1, 0.15) is 21.6 Å². The van der Waals surface area contributed by atoms with Gasteiger partial charge in [0.2, 0.25) is 5.91 Å². The van der Waals surface area contributed by atoms with E-state index < -0.39 is 0 Å². The van der Waals surface area contributed by atoms with Gasteiger partial charge in [0.1, 0.15) is 5.01 Å². The fourth-order valence-electron chi connectivity index (χ4n) is 2.43. The Hall–Kier alpha value is -2.99. The van der Waals surface area contributed by atoms with Gasteiger partial charge in [-0.05, 0) is 24.6 Å². The SMILES string of the molecule is Cc1ccccc1-c1nc(CNC(=O)CNC(=O)c2ccccc2)cs1. The summed E-state index contributed by atoms with van der Waals surface area (Å²) in [6.07, 6.45) is 0. The van der Waals surface area contributed by atoms with Crippen LogP contribution in [0, 0.1) is 6.92 Å². The molecule has 1 aromatic heterocycles. The number of nitrogens with one attached hydrogen (secondary N) is 2. The van der Waals surface area contributed by atoms with Gasteiger partial charge in [0.15, 0.2) is 0 Å². The second-order valence-corrected chi connectivity index (χ2v) is 6.64. The number of benzene rings is 2. The first-order valence-corrected chi connectivity index (χ1v) is 9.12. The van der Waals surface area contributed by atoms with Gasteiger partial charge in [-0.3, -0.25) is 9.59 Å². The summed E-state index contributed by atoms with van der Waals surface area (Å²) in [5.74, 6) is -0.518. The molecule has 26 heavy (non-hydrogen) atoms. The Balaban J connectivity index is 1.49. The Morgan fingerprint density at radius 3 is 2.50 bits per heavy atom. The molecule has 0 radical (unpaired) electrons. The molecule has 0 unspecified atom stereocenters. The maximum Gasteiger partial charge on any atom is 0.251 e. The van der Waals surface area contributed by atoms with Crippen molar-refractivity contribution in [3.05, 3.63) is 76.8 Å². The molecule has 6 heteroatoms. The maximum absolute atomic E-state index is 11.9. The molecule has 0 saturated carbocycles. The van der Waals surface area contributed by atoms with Crippen LogP contribution in [0.5, 0.6) is 0 Å². The summed E-state index contributed by atoms with van der Waals surface area (Å²) < 4.78 is 0. The van der Waals surface area contributed by atoms with Crippen molar-refractivity contribution < 1.29 is 9.59 Å².